The Morgan fingerprint density at radius 2 is 1.97 bits per heavy atom. The number of fused-ring (bicyclic) bond motifs is 1. The van der Waals surface area contributed by atoms with Crippen molar-refractivity contribution in [2.75, 3.05) is 16.8 Å². The molecule has 30 heavy (non-hydrogen) atoms. The molecular formula is C21H21FN6O2. The number of halogens is 1. The molecule has 1 aliphatic heterocycles. The van der Waals surface area contributed by atoms with Gasteiger partial charge in [0.15, 0.2) is 0 Å². The van der Waals surface area contributed by atoms with Crippen molar-refractivity contribution in [3.63, 3.8) is 0 Å². The van der Waals surface area contributed by atoms with Crippen LogP contribution in [0.5, 0.6) is 0 Å². The monoisotopic (exact) mass is 408 g/mol. The van der Waals surface area contributed by atoms with Crippen LogP contribution >= 0.6 is 0 Å². The lowest BCUT2D eigenvalue weighted by Gasteiger charge is -2.27. The summed E-state index contributed by atoms with van der Waals surface area (Å²) in [5.41, 5.74) is 2.15. The second kappa shape index (κ2) is 8.40. The van der Waals surface area contributed by atoms with Crippen LogP contribution in [0, 0.1) is 12.7 Å². The molecule has 0 bridgehead atoms. The molecule has 0 aliphatic carbocycles. The van der Waals surface area contributed by atoms with E-state index in [1.807, 2.05) is 17.7 Å². The zero-order chi connectivity index (χ0) is 21.1. The van der Waals surface area contributed by atoms with Gasteiger partial charge in [0.05, 0.1) is 11.9 Å². The number of nitrogens with zero attached hydrogens (tertiary/aromatic N) is 5. The van der Waals surface area contributed by atoms with Crippen LogP contribution in [0.25, 0.3) is 11.1 Å². The Morgan fingerprint density at radius 1 is 1.10 bits per heavy atom. The standard InChI is InChI=1S/C21H21FN6O2/c1-14-9-20-27(7-2-8-28(20)26-14)21(30)6-5-19(29)25-18-4-3-15(12-24-18)16-10-17(22)13-23-11-16/h3-4,9-13H,2,5-8H2,1H3,(H,24,25,29). The average Bonchev–Trinajstić information content (AvgIpc) is 3.12. The summed E-state index contributed by atoms with van der Waals surface area (Å²) in [6, 6.07) is 6.60. The number of aryl methyl sites for hydroxylation is 2. The van der Waals surface area contributed by atoms with Crippen molar-refractivity contribution < 1.29 is 14.0 Å². The first-order valence-electron chi connectivity index (χ1n) is 9.71. The number of nitrogens with one attached hydrogen (secondary N) is 1. The Morgan fingerprint density at radius 3 is 2.73 bits per heavy atom. The minimum atomic E-state index is -0.429. The molecule has 0 fully saturated rings. The van der Waals surface area contributed by atoms with Gasteiger partial charge < -0.3 is 5.32 Å². The van der Waals surface area contributed by atoms with E-state index in [2.05, 4.69) is 20.4 Å². The van der Waals surface area contributed by atoms with Gasteiger partial charge in [0.25, 0.3) is 0 Å². The lowest BCUT2D eigenvalue weighted by atomic mass is 10.1. The van der Waals surface area contributed by atoms with Gasteiger partial charge in [-0.1, -0.05) is 0 Å². The van der Waals surface area contributed by atoms with Gasteiger partial charge in [-0.25, -0.2) is 14.1 Å². The maximum atomic E-state index is 13.3. The fraction of sp³-hybridized carbons (Fsp3) is 0.286. The highest BCUT2D eigenvalue weighted by Gasteiger charge is 2.24. The van der Waals surface area contributed by atoms with E-state index in [4.69, 9.17) is 0 Å². The molecular weight excluding hydrogens is 387 g/mol. The van der Waals surface area contributed by atoms with Crippen LogP contribution in [0.15, 0.2) is 42.9 Å². The molecule has 1 aliphatic rings. The third kappa shape index (κ3) is 4.35. The number of carbonyl (C=O) groups is 2. The van der Waals surface area contributed by atoms with Gasteiger partial charge in [-0.3, -0.25) is 19.5 Å². The summed E-state index contributed by atoms with van der Waals surface area (Å²) < 4.78 is 15.1. The predicted octanol–water partition coefficient (Wildman–Crippen LogP) is 2.94. The third-order valence-electron chi connectivity index (χ3n) is 4.85. The average molecular weight is 408 g/mol. The van der Waals surface area contributed by atoms with Gasteiger partial charge in [0.2, 0.25) is 11.8 Å². The quantitative estimate of drug-likeness (QED) is 0.701. The molecule has 2 amide bonds. The molecule has 0 unspecified atom stereocenters. The molecule has 0 atom stereocenters. The van der Waals surface area contributed by atoms with E-state index in [0.29, 0.717) is 23.5 Å². The zero-order valence-electron chi connectivity index (χ0n) is 16.5. The molecule has 0 aromatic carbocycles. The first-order valence-corrected chi connectivity index (χ1v) is 9.71. The number of anilines is 2. The van der Waals surface area contributed by atoms with Gasteiger partial charge in [0.1, 0.15) is 17.5 Å². The van der Waals surface area contributed by atoms with E-state index in [1.54, 1.807) is 17.0 Å². The Labute approximate surface area is 172 Å². The third-order valence-corrected chi connectivity index (χ3v) is 4.85. The minimum absolute atomic E-state index is 0.0553. The summed E-state index contributed by atoms with van der Waals surface area (Å²) in [6.45, 7) is 3.31. The van der Waals surface area contributed by atoms with Crippen LogP contribution in [0.2, 0.25) is 0 Å². The summed E-state index contributed by atoms with van der Waals surface area (Å²) in [4.78, 5) is 34.5. The first kappa shape index (κ1) is 19.7. The molecule has 3 aromatic heterocycles. The normalized spacial score (nSPS) is 13.1. The molecule has 8 nitrogen and oxygen atoms in total. The Hall–Kier alpha value is -3.62. The Balaban J connectivity index is 1.32. The number of pyridine rings is 2. The molecule has 0 radical (unpaired) electrons. The van der Waals surface area contributed by atoms with Crippen molar-refractivity contribution in [2.45, 2.75) is 32.7 Å². The number of rotatable bonds is 5. The smallest absolute Gasteiger partial charge is 0.228 e. The Bertz CT molecular complexity index is 1080. The van der Waals surface area contributed by atoms with Crippen LogP contribution in [-0.4, -0.2) is 38.1 Å². The SMILES string of the molecule is Cc1cc2n(n1)CCCN2C(=O)CCC(=O)Nc1ccc(-c2cncc(F)c2)cn1. The molecule has 0 saturated carbocycles. The molecule has 9 heteroatoms. The lowest BCUT2D eigenvalue weighted by Crippen LogP contribution is -2.37. The van der Waals surface area contributed by atoms with Crippen LogP contribution in [0.3, 0.4) is 0 Å². The maximum Gasteiger partial charge on any atom is 0.228 e. The zero-order valence-corrected chi connectivity index (χ0v) is 16.5. The summed E-state index contributed by atoms with van der Waals surface area (Å²) in [7, 11) is 0. The maximum absolute atomic E-state index is 13.3. The molecule has 1 N–H and O–H groups in total. The van der Waals surface area contributed by atoms with Crippen LogP contribution in [0.4, 0.5) is 16.0 Å². The topological polar surface area (TPSA) is 93.0 Å². The van der Waals surface area contributed by atoms with Crippen molar-refractivity contribution in [3.8, 4) is 11.1 Å². The second-order valence-electron chi connectivity index (χ2n) is 7.14. The van der Waals surface area contributed by atoms with Crippen molar-refractivity contribution in [1.82, 2.24) is 19.7 Å². The Kier molecular flexibility index (Phi) is 5.51. The lowest BCUT2D eigenvalue weighted by molar-refractivity contribution is -0.122. The van der Waals surface area contributed by atoms with E-state index < -0.39 is 5.82 Å². The summed E-state index contributed by atoms with van der Waals surface area (Å²) in [6.07, 6.45) is 5.20. The van der Waals surface area contributed by atoms with Gasteiger partial charge in [-0.15, -0.1) is 0 Å². The van der Waals surface area contributed by atoms with Crippen molar-refractivity contribution in [2.24, 2.45) is 0 Å². The van der Waals surface area contributed by atoms with E-state index in [-0.39, 0.29) is 24.7 Å². The van der Waals surface area contributed by atoms with Gasteiger partial charge in [-0.05, 0) is 31.5 Å². The number of hydrogen-bond acceptors (Lipinski definition) is 5. The number of hydrogen-bond donors (Lipinski definition) is 1. The van der Waals surface area contributed by atoms with Crippen LogP contribution in [0.1, 0.15) is 25.0 Å². The van der Waals surface area contributed by atoms with Crippen LogP contribution in [-0.2, 0) is 16.1 Å². The van der Waals surface area contributed by atoms with Crippen molar-refractivity contribution in [1.29, 1.82) is 0 Å². The largest absolute Gasteiger partial charge is 0.311 e. The van der Waals surface area contributed by atoms with E-state index in [9.17, 15) is 14.0 Å². The van der Waals surface area contributed by atoms with E-state index in [1.165, 1.54) is 18.5 Å². The highest BCUT2D eigenvalue weighted by atomic mass is 19.1. The van der Waals surface area contributed by atoms with E-state index in [0.717, 1.165) is 30.7 Å². The van der Waals surface area contributed by atoms with Gasteiger partial charge in [-0.2, -0.15) is 5.10 Å². The van der Waals surface area contributed by atoms with Gasteiger partial charge >= 0.3 is 0 Å². The van der Waals surface area contributed by atoms with Crippen molar-refractivity contribution >= 4 is 23.5 Å². The predicted molar refractivity (Wildman–Crippen MR) is 109 cm³/mol. The summed E-state index contributed by atoms with van der Waals surface area (Å²) in [5.74, 6) is 0.326. The molecule has 4 heterocycles. The molecule has 3 aromatic rings. The van der Waals surface area contributed by atoms with E-state index >= 15 is 0 Å². The number of aromatic nitrogens is 4. The first-order chi connectivity index (χ1) is 14.5. The number of amides is 2. The summed E-state index contributed by atoms with van der Waals surface area (Å²) in [5, 5.41) is 7.06. The number of carbonyl (C=O) groups excluding carboxylic acids is 2. The second-order valence-corrected chi connectivity index (χ2v) is 7.14. The van der Waals surface area contributed by atoms with Crippen molar-refractivity contribution in [3.05, 3.63) is 54.4 Å². The fourth-order valence-corrected chi connectivity index (χ4v) is 3.43. The molecule has 0 saturated heterocycles. The molecule has 4 rings (SSSR count). The highest BCUT2D eigenvalue weighted by molar-refractivity contribution is 5.97. The molecule has 154 valence electrons. The molecule has 0 spiro atoms. The van der Waals surface area contributed by atoms with Gasteiger partial charge in [0, 0.05) is 55.5 Å². The minimum Gasteiger partial charge on any atom is -0.311 e. The fourth-order valence-electron chi connectivity index (χ4n) is 3.43. The van der Waals surface area contributed by atoms with Crippen LogP contribution < -0.4 is 10.2 Å². The summed E-state index contributed by atoms with van der Waals surface area (Å²) >= 11 is 0. The highest BCUT2D eigenvalue weighted by Crippen LogP contribution is 2.23.